The van der Waals surface area contributed by atoms with Crippen LogP contribution in [0.15, 0.2) is 66.7 Å². The maximum atomic E-state index is 12.7. The van der Waals surface area contributed by atoms with Crippen LogP contribution in [0.25, 0.3) is 0 Å². The molecule has 1 aliphatic carbocycles. The minimum atomic E-state index is 0.352. The summed E-state index contributed by atoms with van der Waals surface area (Å²) in [4.78, 5) is 17.4. The van der Waals surface area contributed by atoms with Crippen molar-refractivity contribution in [2.45, 2.75) is 38.1 Å². The summed E-state index contributed by atoms with van der Waals surface area (Å²) in [7, 11) is 0. The molecule has 0 spiro atoms. The van der Waals surface area contributed by atoms with E-state index in [-0.39, 0.29) is 0 Å². The average molecular weight is 387 g/mol. The number of likely N-dealkylation sites (tertiary alicyclic amines) is 1. The zero-order valence-electron chi connectivity index (χ0n) is 17.0. The summed E-state index contributed by atoms with van der Waals surface area (Å²) in [6.07, 6.45) is 8.73. The highest BCUT2D eigenvalue weighted by molar-refractivity contribution is 5.77. The Labute approximate surface area is 174 Å². The van der Waals surface area contributed by atoms with Crippen molar-refractivity contribution < 1.29 is 4.79 Å². The lowest BCUT2D eigenvalue weighted by molar-refractivity contribution is -0.136. The molecule has 150 valence electrons. The van der Waals surface area contributed by atoms with Crippen molar-refractivity contribution in [1.82, 2.24) is 4.90 Å². The fraction of sp³-hybridized carbons (Fsp3) is 0.423. The predicted molar refractivity (Wildman–Crippen MR) is 118 cm³/mol. The quantitative estimate of drug-likeness (QED) is 0.676. The zero-order chi connectivity index (χ0) is 19.6. The number of rotatable bonds is 5. The SMILES string of the molecule is O=C1C[C@@H]2C=CCC[C@@H]2CN1CCC1CN(Cc2ccccc2)c2ccccc21. The third kappa shape index (κ3) is 3.83. The second-order valence-electron chi connectivity index (χ2n) is 8.88. The molecule has 1 amide bonds. The first-order chi connectivity index (χ1) is 14.3. The van der Waals surface area contributed by atoms with Gasteiger partial charge in [-0.15, -0.1) is 0 Å². The molecule has 2 heterocycles. The number of hydrogen-bond acceptors (Lipinski definition) is 2. The van der Waals surface area contributed by atoms with Crippen molar-refractivity contribution in [2.75, 3.05) is 24.5 Å². The van der Waals surface area contributed by atoms with Gasteiger partial charge in [-0.2, -0.15) is 0 Å². The molecule has 0 saturated carbocycles. The Bertz CT molecular complexity index is 891. The van der Waals surface area contributed by atoms with Crippen LogP contribution in [0, 0.1) is 11.8 Å². The maximum Gasteiger partial charge on any atom is 0.223 e. The molecule has 1 saturated heterocycles. The van der Waals surface area contributed by atoms with Crippen LogP contribution in [0.4, 0.5) is 5.69 Å². The zero-order valence-corrected chi connectivity index (χ0v) is 17.0. The minimum Gasteiger partial charge on any atom is -0.366 e. The Morgan fingerprint density at radius 3 is 2.66 bits per heavy atom. The maximum absolute atomic E-state index is 12.7. The monoisotopic (exact) mass is 386 g/mol. The number of para-hydroxylation sites is 1. The van der Waals surface area contributed by atoms with E-state index in [1.165, 1.54) is 29.7 Å². The van der Waals surface area contributed by atoms with E-state index in [2.05, 4.69) is 76.5 Å². The lowest BCUT2D eigenvalue weighted by Crippen LogP contribution is -2.45. The summed E-state index contributed by atoms with van der Waals surface area (Å²) in [5, 5.41) is 0. The molecule has 0 radical (unpaired) electrons. The Kier molecular flexibility index (Phi) is 5.13. The molecule has 1 fully saturated rings. The van der Waals surface area contributed by atoms with Crippen molar-refractivity contribution in [1.29, 1.82) is 0 Å². The molecule has 0 bridgehead atoms. The molecular formula is C26H30N2O. The van der Waals surface area contributed by atoms with E-state index in [9.17, 15) is 4.79 Å². The first-order valence-electron chi connectivity index (χ1n) is 11.1. The molecule has 3 atom stereocenters. The third-order valence-electron chi connectivity index (χ3n) is 7.03. The molecule has 3 nitrogen and oxygen atoms in total. The van der Waals surface area contributed by atoms with Gasteiger partial charge in [0.1, 0.15) is 0 Å². The number of anilines is 1. The van der Waals surface area contributed by atoms with Gasteiger partial charge in [0.2, 0.25) is 5.91 Å². The summed E-state index contributed by atoms with van der Waals surface area (Å²) < 4.78 is 0. The molecule has 1 unspecified atom stereocenters. The Balaban J connectivity index is 1.26. The highest BCUT2D eigenvalue weighted by Gasteiger charge is 2.34. The number of fused-ring (bicyclic) bond motifs is 2. The first kappa shape index (κ1) is 18.5. The molecule has 0 aromatic heterocycles. The molecule has 0 N–H and O–H groups in total. The molecule has 3 aliphatic rings. The van der Waals surface area contributed by atoms with Gasteiger partial charge < -0.3 is 9.80 Å². The highest BCUT2D eigenvalue weighted by atomic mass is 16.2. The Morgan fingerprint density at radius 2 is 1.76 bits per heavy atom. The first-order valence-corrected chi connectivity index (χ1v) is 11.1. The molecule has 5 rings (SSSR count). The van der Waals surface area contributed by atoms with Crippen LogP contribution in [0.5, 0.6) is 0 Å². The average Bonchev–Trinajstić information content (AvgIpc) is 3.10. The molecule has 3 heteroatoms. The van der Waals surface area contributed by atoms with Gasteiger partial charge in [-0.05, 0) is 48.3 Å². The van der Waals surface area contributed by atoms with E-state index in [4.69, 9.17) is 0 Å². The van der Waals surface area contributed by atoms with Gasteiger partial charge in [0, 0.05) is 44.2 Å². The van der Waals surface area contributed by atoms with Crippen LogP contribution >= 0.6 is 0 Å². The fourth-order valence-electron chi connectivity index (χ4n) is 5.44. The van der Waals surface area contributed by atoms with Crippen LogP contribution in [-0.4, -0.2) is 30.4 Å². The van der Waals surface area contributed by atoms with Crippen LogP contribution in [0.2, 0.25) is 0 Å². The number of carbonyl (C=O) groups excluding carboxylic acids is 1. The van der Waals surface area contributed by atoms with Gasteiger partial charge in [-0.3, -0.25) is 4.79 Å². The molecular weight excluding hydrogens is 356 g/mol. The normalized spacial score (nSPS) is 25.8. The number of carbonyl (C=O) groups is 1. The van der Waals surface area contributed by atoms with Crippen LogP contribution in [-0.2, 0) is 11.3 Å². The van der Waals surface area contributed by atoms with Crippen molar-refractivity contribution in [3.8, 4) is 0 Å². The van der Waals surface area contributed by atoms with E-state index in [0.29, 0.717) is 30.1 Å². The van der Waals surface area contributed by atoms with Gasteiger partial charge >= 0.3 is 0 Å². The van der Waals surface area contributed by atoms with Crippen LogP contribution in [0.3, 0.4) is 0 Å². The second kappa shape index (κ2) is 8.06. The fourth-order valence-corrected chi connectivity index (χ4v) is 5.44. The number of benzene rings is 2. The summed E-state index contributed by atoms with van der Waals surface area (Å²) >= 11 is 0. The van der Waals surface area contributed by atoms with E-state index in [1.54, 1.807) is 0 Å². The van der Waals surface area contributed by atoms with E-state index in [0.717, 1.165) is 32.6 Å². The van der Waals surface area contributed by atoms with Gasteiger partial charge in [0.25, 0.3) is 0 Å². The smallest absolute Gasteiger partial charge is 0.223 e. The lowest BCUT2D eigenvalue weighted by atomic mass is 9.78. The highest BCUT2D eigenvalue weighted by Crippen LogP contribution is 2.39. The number of hydrogen-bond donors (Lipinski definition) is 0. The standard InChI is InChI=1S/C26H30N2O/c29-26-16-21-10-4-5-11-22(21)18-27(26)15-14-23-19-28(17-20-8-2-1-3-9-20)25-13-7-6-12-24(23)25/h1-4,6-10,12-13,21-23H,5,11,14-19H2/t21-,22+,23?/m0/s1. The summed E-state index contributed by atoms with van der Waals surface area (Å²) in [5.41, 5.74) is 4.17. The van der Waals surface area contributed by atoms with Crippen molar-refractivity contribution in [3.63, 3.8) is 0 Å². The van der Waals surface area contributed by atoms with E-state index >= 15 is 0 Å². The van der Waals surface area contributed by atoms with Gasteiger partial charge in [0.05, 0.1) is 0 Å². The molecule has 2 aromatic carbocycles. The van der Waals surface area contributed by atoms with Gasteiger partial charge in [-0.1, -0.05) is 60.7 Å². The van der Waals surface area contributed by atoms with Crippen molar-refractivity contribution >= 4 is 11.6 Å². The third-order valence-corrected chi connectivity index (χ3v) is 7.03. The van der Waals surface area contributed by atoms with Crippen molar-refractivity contribution in [2.24, 2.45) is 11.8 Å². The summed E-state index contributed by atoms with van der Waals surface area (Å²) in [6, 6.07) is 19.6. The number of allylic oxidation sites excluding steroid dienone is 2. The van der Waals surface area contributed by atoms with Gasteiger partial charge in [-0.25, -0.2) is 0 Å². The molecule has 2 aromatic rings. The topological polar surface area (TPSA) is 23.6 Å². The summed E-state index contributed by atoms with van der Waals surface area (Å²) in [5.74, 6) is 2.01. The van der Waals surface area contributed by atoms with Crippen LogP contribution in [0.1, 0.15) is 42.7 Å². The predicted octanol–water partition coefficient (Wildman–Crippen LogP) is 5.00. The van der Waals surface area contributed by atoms with Crippen LogP contribution < -0.4 is 4.90 Å². The summed E-state index contributed by atoms with van der Waals surface area (Å²) in [6.45, 7) is 3.85. The van der Waals surface area contributed by atoms with E-state index < -0.39 is 0 Å². The molecule has 2 aliphatic heterocycles. The molecule has 29 heavy (non-hydrogen) atoms. The number of nitrogens with zero attached hydrogens (tertiary/aromatic N) is 2. The minimum absolute atomic E-state index is 0.352. The van der Waals surface area contributed by atoms with E-state index in [1.807, 2.05) is 0 Å². The van der Waals surface area contributed by atoms with Gasteiger partial charge in [0.15, 0.2) is 0 Å². The lowest BCUT2D eigenvalue weighted by Gasteiger charge is -2.39. The van der Waals surface area contributed by atoms with Crippen molar-refractivity contribution in [3.05, 3.63) is 77.9 Å². The number of amides is 1. The largest absolute Gasteiger partial charge is 0.366 e. The Morgan fingerprint density at radius 1 is 0.931 bits per heavy atom. The number of piperidine rings is 1. The second-order valence-corrected chi connectivity index (χ2v) is 8.88. The Hall–Kier alpha value is -2.55.